The van der Waals surface area contributed by atoms with E-state index in [0.717, 1.165) is 24.4 Å². The molecule has 1 aromatic carbocycles. The van der Waals surface area contributed by atoms with E-state index in [1.807, 2.05) is 12.3 Å². The number of hydrogen-bond acceptors (Lipinski definition) is 4. The summed E-state index contributed by atoms with van der Waals surface area (Å²) in [6.45, 7) is 0. The molecule has 0 aliphatic rings. The predicted octanol–water partition coefficient (Wildman–Crippen LogP) is 5.00. The number of benzene rings is 1. The molecule has 25 heavy (non-hydrogen) atoms. The molecule has 5 heteroatoms. The number of aromatic nitrogens is 1. The third-order valence-electron chi connectivity index (χ3n) is 4.80. The highest BCUT2D eigenvalue weighted by molar-refractivity contribution is 6.60. The van der Waals surface area contributed by atoms with E-state index < -0.39 is 8.80 Å². The Labute approximate surface area is 152 Å². The van der Waals surface area contributed by atoms with Gasteiger partial charge in [0.05, 0.1) is 5.52 Å². The molecule has 1 heterocycles. The lowest BCUT2D eigenvalue weighted by molar-refractivity contribution is 0.122. The molecule has 4 nitrogen and oxygen atoms in total. The Morgan fingerprint density at radius 1 is 0.840 bits per heavy atom. The minimum Gasteiger partial charge on any atom is -0.377 e. The highest BCUT2D eigenvalue weighted by Crippen LogP contribution is 2.19. The van der Waals surface area contributed by atoms with Crippen LogP contribution in [0.2, 0.25) is 6.04 Å². The standard InChI is InChI=1S/C20H31NO3Si/c1-22-25(23-2,24-3)16-9-7-5-4-6-8-11-18-13-14-20-19(17-18)12-10-15-21-20/h10,12-15,17H,4-9,11,16H2,1-3H3. The largest absolute Gasteiger partial charge is 0.500 e. The molecule has 2 rings (SSSR count). The van der Waals surface area contributed by atoms with Gasteiger partial charge in [0, 0.05) is 39.0 Å². The molecule has 2 aromatic rings. The Bertz CT molecular complexity index is 623. The fraction of sp³-hybridized carbons (Fsp3) is 0.550. The normalized spacial score (nSPS) is 12.0. The van der Waals surface area contributed by atoms with Gasteiger partial charge < -0.3 is 13.3 Å². The first-order chi connectivity index (χ1) is 12.2. The Morgan fingerprint density at radius 3 is 2.24 bits per heavy atom. The Morgan fingerprint density at radius 2 is 1.52 bits per heavy atom. The van der Waals surface area contributed by atoms with Crippen molar-refractivity contribution in [3.05, 3.63) is 42.1 Å². The summed E-state index contributed by atoms with van der Waals surface area (Å²) in [6.07, 6.45) is 10.4. The minimum atomic E-state index is -2.36. The lowest BCUT2D eigenvalue weighted by Crippen LogP contribution is -2.42. The van der Waals surface area contributed by atoms with E-state index in [1.54, 1.807) is 21.3 Å². The molecule has 0 saturated carbocycles. The molecule has 0 bridgehead atoms. The van der Waals surface area contributed by atoms with Crippen LogP contribution in [0.5, 0.6) is 0 Å². The van der Waals surface area contributed by atoms with Gasteiger partial charge in [-0.2, -0.15) is 0 Å². The van der Waals surface area contributed by atoms with E-state index in [2.05, 4.69) is 29.2 Å². The fourth-order valence-corrected chi connectivity index (χ4v) is 5.01. The maximum Gasteiger partial charge on any atom is 0.500 e. The molecule has 0 aliphatic heterocycles. The van der Waals surface area contributed by atoms with Gasteiger partial charge in [0.1, 0.15) is 0 Å². The second kappa shape index (κ2) is 10.7. The Kier molecular flexibility index (Phi) is 8.55. The van der Waals surface area contributed by atoms with E-state index >= 15 is 0 Å². The maximum atomic E-state index is 5.45. The molecular weight excluding hydrogens is 330 g/mol. The topological polar surface area (TPSA) is 40.6 Å². The number of fused-ring (bicyclic) bond motifs is 1. The number of rotatable bonds is 12. The van der Waals surface area contributed by atoms with E-state index in [4.69, 9.17) is 13.3 Å². The minimum absolute atomic E-state index is 0.904. The van der Waals surface area contributed by atoms with Gasteiger partial charge in [-0.3, -0.25) is 4.98 Å². The summed E-state index contributed by atoms with van der Waals surface area (Å²) >= 11 is 0. The van der Waals surface area contributed by atoms with Gasteiger partial charge in [0.15, 0.2) is 0 Å². The fourth-order valence-electron chi connectivity index (χ4n) is 3.21. The molecule has 0 spiro atoms. The third kappa shape index (κ3) is 6.19. The van der Waals surface area contributed by atoms with Crippen LogP contribution in [0.3, 0.4) is 0 Å². The highest BCUT2D eigenvalue weighted by atomic mass is 28.4. The van der Waals surface area contributed by atoms with Gasteiger partial charge >= 0.3 is 8.80 Å². The first-order valence-electron chi connectivity index (χ1n) is 9.22. The van der Waals surface area contributed by atoms with Crippen molar-refractivity contribution in [3.8, 4) is 0 Å². The summed E-state index contributed by atoms with van der Waals surface area (Å²) in [7, 11) is 2.68. The Hall–Kier alpha value is -1.27. The van der Waals surface area contributed by atoms with Crippen LogP contribution in [0.25, 0.3) is 10.9 Å². The van der Waals surface area contributed by atoms with Crippen molar-refractivity contribution < 1.29 is 13.3 Å². The molecule has 0 radical (unpaired) electrons. The molecule has 0 atom stereocenters. The van der Waals surface area contributed by atoms with E-state index in [-0.39, 0.29) is 0 Å². The summed E-state index contributed by atoms with van der Waals surface area (Å²) in [6, 6.07) is 11.6. The average Bonchev–Trinajstić information content (AvgIpc) is 2.67. The molecular formula is C20H31NO3Si. The van der Waals surface area contributed by atoms with Gasteiger partial charge in [-0.25, -0.2) is 0 Å². The van der Waals surface area contributed by atoms with Gasteiger partial charge in [-0.1, -0.05) is 37.8 Å². The van der Waals surface area contributed by atoms with Gasteiger partial charge in [0.2, 0.25) is 0 Å². The number of nitrogens with zero attached hydrogens (tertiary/aromatic N) is 1. The summed E-state index contributed by atoms with van der Waals surface area (Å²) in [5.74, 6) is 0. The van der Waals surface area contributed by atoms with Crippen LogP contribution < -0.4 is 0 Å². The second-order valence-electron chi connectivity index (χ2n) is 6.45. The summed E-state index contributed by atoms with van der Waals surface area (Å²) in [5, 5.41) is 1.24. The lowest BCUT2D eigenvalue weighted by Gasteiger charge is -2.24. The summed E-state index contributed by atoms with van der Waals surface area (Å²) in [4.78, 5) is 4.37. The van der Waals surface area contributed by atoms with Gasteiger partial charge in [0.25, 0.3) is 0 Å². The molecule has 0 aliphatic carbocycles. The lowest BCUT2D eigenvalue weighted by atomic mass is 10.0. The number of aryl methyl sites for hydroxylation is 1. The van der Waals surface area contributed by atoms with Crippen molar-refractivity contribution in [1.82, 2.24) is 4.98 Å². The molecule has 138 valence electrons. The van der Waals surface area contributed by atoms with Crippen molar-refractivity contribution in [3.63, 3.8) is 0 Å². The molecule has 0 amide bonds. The van der Waals surface area contributed by atoms with Gasteiger partial charge in [-0.15, -0.1) is 0 Å². The number of pyridine rings is 1. The SMILES string of the molecule is CO[Si](CCCCCCCCc1ccc2ncccc2c1)(OC)OC. The predicted molar refractivity (Wildman–Crippen MR) is 105 cm³/mol. The van der Waals surface area contributed by atoms with E-state index in [1.165, 1.54) is 43.1 Å². The van der Waals surface area contributed by atoms with Crippen LogP contribution in [0, 0.1) is 0 Å². The Balaban J connectivity index is 1.58. The van der Waals surface area contributed by atoms with Crippen LogP contribution in [0.4, 0.5) is 0 Å². The average molecular weight is 362 g/mol. The van der Waals surface area contributed by atoms with Crippen molar-refractivity contribution in [2.24, 2.45) is 0 Å². The maximum absolute atomic E-state index is 5.45. The van der Waals surface area contributed by atoms with Crippen molar-refractivity contribution in [2.75, 3.05) is 21.3 Å². The van der Waals surface area contributed by atoms with Gasteiger partial charge in [-0.05, 0) is 43.0 Å². The van der Waals surface area contributed by atoms with Crippen molar-refractivity contribution >= 4 is 19.7 Å². The first kappa shape index (κ1) is 20.0. The summed E-state index contributed by atoms with van der Waals surface area (Å²) in [5.41, 5.74) is 2.49. The molecule has 0 N–H and O–H groups in total. The van der Waals surface area contributed by atoms with Crippen molar-refractivity contribution in [1.29, 1.82) is 0 Å². The van der Waals surface area contributed by atoms with Crippen LogP contribution in [-0.4, -0.2) is 35.1 Å². The molecule has 0 unspecified atom stereocenters. The highest BCUT2D eigenvalue weighted by Gasteiger charge is 2.36. The quantitative estimate of drug-likeness (QED) is 0.394. The van der Waals surface area contributed by atoms with Crippen molar-refractivity contribution in [2.45, 2.75) is 51.0 Å². The molecule has 1 aromatic heterocycles. The van der Waals surface area contributed by atoms with Crippen LogP contribution in [-0.2, 0) is 19.7 Å². The second-order valence-corrected chi connectivity index (χ2v) is 9.54. The van der Waals surface area contributed by atoms with Crippen LogP contribution >= 0.6 is 0 Å². The van der Waals surface area contributed by atoms with Crippen LogP contribution in [0.1, 0.15) is 44.1 Å². The van der Waals surface area contributed by atoms with E-state index in [0.29, 0.717) is 0 Å². The van der Waals surface area contributed by atoms with E-state index in [9.17, 15) is 0 Å². The zero-order valence-electron chi connectivity index (χ0n) is 15.8. The smallest absolute Gasteiger partial charge is 0.377 e. The molecule has 0 saturated heterocycles. The molecule has 0 fully saturated rings. The zero-order chi connectivity index (χ0) is 18.0. The number of hydrogen-bond donors (Lipinski definition) is 0. The summed E-state index contributed by atoms with van der Waals surface area (Å²) < 4.78 is 16.4. The first-order valence-corrected chi connectivity index (χ1v) is 11.2. The van der Waals surface area contributed by atoms with Crippen LogP contribution in [0.15, 0.2) is 36.5 Å². The third-order valence-corrected chi connectivity index (χ3v) is 7.63. The number of unbranched alkanes of at least 4 members (excludes halogenated alkanes) is 5. The monoisotopic (exact) mass is 361 g/mol. The zero-order valence-corrected chi connectivity index (χ0v) is 16.8.